The Morgan fingerprint density at radius 1 is 1.31 bits per heavy atom. The number of hydrogen-bond donors (Lipinski definition) is 1. The number of nitrogen functional groups attached to an aromatic ring is 1. The maximum Gasteiger partial charge on any atom is 0.199 e. The third-order valence-corrected chi connectivity index (χ3v) is 3.40. The van der Waals surface area contributed by atoms with Gasteiger partial charge in [-0.3, -0.25) is 0 Å². The molecule has 0 aliphatic heterocycles. The lowest BCUT2D eigenvalue weighted by Crippen LogP contribution is -2.11. The molecule has 13 heavy (non-hydrogen) atoms. The molecule has 3 nitrogen and oxygen atoms in total. The zero-order chi connectivity index (χ0) is 9.26. The molecule has 1 saturated carbocycles. The lowest BCUT2D eigenvalue weighted by atomic mass is 9.83. The Morgan fingerprint density at radius 3 is 2.54 bits per heavy atom. The van der Waals surface area contributed by atoms with E-state index in [9.17, 15) is 0 Å². The summed E-state index contributed by atoms with van der Waals surface area (Å²) in [5.74, 6) is 2.44. The second-order valence-electron chi connectivity index (χ2n) is 3.95. The molecule has 1 heterocycles. The average Bonchev–Trinajstić information content (AvgIpc) is 2.53. The molecule has 4 heteroatoms. The highest BCUT2D eigenvalue weighted by Gasteiger charge is 2.22. The Bertz CT molecular complexity index is 276. The van der Waals surface area contributed by atoms with Gasteiger partial charge in [-0.2, -0.15) is 4.37 Å². The molecule has 0 radical (unpaired) electrons. The minimum Gasteiger partial charge on any atom is -0.374 e. The van der Waals surface area contributed by atoms with Gasteiger partial charge in [-0.25, -0.2) is 4.98 Å². The quantitative estimate of drug-likeness (QED) is 0.752. The van der Waals surface area contributed by atoms with Crippen LogP contribution in [0.5, 0.6) is 0 Å². The molecule has 2 N–H and O–H groups in total. The van der Waals surface area contributed by atoms with Crippen LogP contribution in [0.15, 0.2) is 0 Å². The lowest BCUT2D eigenvalue weighted by Gasteiger charge is -2.23. The summed E-state index contributed by atoms with van der Waals surface area (Å²) in [6, 6.07) is 0. The number of aromatic nitrogens is 2. The van der Waals surface area contributed by atoms with Crippen LogP contribution in [0.2, 0.25) is 0 Å². The van der Waals surface area contributed by atoms with E-state index in [1.807, 2.05) is 0 Å². The highest BCUT2D eigenvalue weighted by atomic mass is 32.1. The van der Waals surface area contributed by atoms with Gasteiger partial charge in [-0.1, -0.05) is 19.8 Å². The van der Waals surface area contributed by atoms with E-state index in [1.165, 1.54) is 37.2 Å². The minimum atomic E-state index is 0.574. The molecule has 1 fully saturated rings. The van der Waals surface area contributed by atoms with Crippen LogP contribution >= 0.6 is 11.5 Å². The van der Waals surface area contributed by atoms with Crippen molar-refractivity contribution in [3.8, 4) is 0 Å². The van der Waals surface area contributed by atoms with Crippen molar-refractivity contribution >= 4 is 16.7 Å². The Morgan fingerprint density at radius 2 is 2.00 bits per heavy atom. The smallest absolute Gasteiger partial charge is 0.199 e. The van der Waals surface area contributed by atoms with Gasteiger partial charge in [0.15, 0.2) is 5.13 Å². The molecule has 1 aromatic rings. The maximum atomic E-state index is 5.56. The van der Waals surface area contributed by atoms with Crippen molar-refractivity contribution in [2.24, 2.45) is 5.92 Å². The monoisotopic (exact) mass is 197 g/mol. The van der Waals surface area contributed by atoms with Crippen molar-refractivity contribution in [1.82, 2.24) is 9.36 Å². The fraction of sp³-hybridized carbons (Fsp3) is 0.778. The first-order valence-corrected chi connectivity index (χ1v) is 5.62. The van der Waals surface area contributed by atoms with Gasteiger partial charge in [-0.05, 0) is 18.8 Å². The average molecular weight is 197 g/mol. The Labute approximate surface area is 82.5 Å². The summed E-state index contributed by atoms with van der Waals surface area (Å²) >= 11 is 1.32. The largest absolute Gasteiger partial charge is 0.374 e. The molecular formula is C9H15N3S. The van der Waals surface area contributed by atoms with Gasteiger partial charge < -0.3 is 5.73 Å². The van der Waals surface area contributed by atoms with Gasteiger partial charge in [0.05, 0.1) is 0 Å². The molecule has 0 atom stereocenters. The van der Waals surface area contributed by atoms with Gasteiger partial charge in [0.1, 0.15) is 5.82 Å². The van der Waals surface area contributed by atoms with E-state index in [0.29, 0.717) is 11.0 Å². The molecule has 1 aliphatic carbocycles. The summed E-state index contributed by atoms with van der Waals surface area (Å²) in [7, 11) is 0. The third kappa shape index (κ3) is 1.99. The highest BCUT2D eigenvalue weighted by Crippen LogP contribution is 2.34. The lowest BCUT2D eigenvalue weighted by molar-refractivity contribution is 0.341. The molecule has 0 bridgehead atoms. The van der Waals surface area contributed by atoms with Gasteiger partial charge in [0.25, 0.3) is 0 Å². The van der Waals surface area contributed by atoms with Crippen LogP contribution < -0.4 is 5.73 Å². The minimum absolute atomic E-state index is 0.574. The zero-order valence-corrected chi connectivity index (χ0v) is 8.68. The normalized spacial score (nSPS) is 29.0. The molecule has 72 valence electrons. The summed E-state index contributed by atoms with van der Waals surface area (Å²) in [5.41, 5.74) is 5.56. The van der Waals surface area contributed by atoms with Gasteiger partial charge in [0, 0.05) is 17.5 Å². The second kappa shape index (κ2) is 3.62. The molecule has 0 amide bonds. The van der Waals surface area contributed by atoms with Gasteiger partial charge >= 0.3 is 0 Å². The summed E-state index contributed by atoms with van der Waals surface area (Å²) < 4.78 is 4.27. The number of nitrogens with zero attached hydrogens (tertiary/aromatic N) is 2. The first-order valence-electron chi connectivity index (χ1n) is 4.85. The topological polar surface area (TPSA) is 51.8 Å². The maximum absolute atomic E-state index is 5.56. The molecule has 0 unspecified atom stereocenters. The van der Waals surface area contributed by atoms with Gasteiger partial charge in [0.2, 0.25) is 0 Å². The summed E-state index contributed by atoms with van der Waals surface area (Å²) in [4.78, 5) is 4.24. The van der Waals surface area contributed by atoms with E-state index >= 15 is 0 Å². The number of nitrogens with two attached hydrogens (primary N) is 1. The second-order valence-corrected chi connectivity index (χ2v) is 4.73. The van der Waals surface area contributed by atoms with E-state index in [2.05, 4.69) is 16.3 Å². The third-order valence-electron chi connectivity index (χ3n) is 2.84. The Hall–Kier alpha value is -0.640. The fourth-order valence-corrected chi connectivity index (χ4v) is 2.44. The van der Waals surface area contributed by atoms with E-state index < -0.39 is 0 Å². The van der Waals surface area contributed by atoms with Crippen LogP contribution in [0.3, 0.4) is 0 Å². The molecule has 1 aliphatic rings. The zero-order valence-electron chi connectivity index (χ0n) is 7.86. The van der Waals surface area contributed by atoms with Crippen LogP contribution in [0.1, 0.15) is 44.3 Å². The van der Waals surface area contributed by atoms with Crippen molar-refractivity contribution in [3.63, 3.8) is 0 Å². The van der Waals surface area contributed by atoms with Crippen molar-refractivity contribution in [1.29, 1.82) is 0 Å². The van der Waals surface area contributed by atoms with Crippen LogP contribution in [0, 0.1) is 5.92 Å². The fourth-order valence-electron chi connectivity index (χ4n) is 1.93. The van der Waals surface area contributed by atoms with E-state index in [4.69, 9.17) is 5.73 Å². The predicted molar refractivity (Wildman–Crippen MR) is 54.7 cm³/mol. The summed E-state index contributed by atoms with van der Waals surface area (Å²) in [6.07, 6.45) is 5.09. The highest BCUT2D eigenvalue weighted by molar-refractivity contribution is 7.09. The van der Waals surface area contributed by atoms with E-state index in [1.54, 1.807) is 0 Å². The van der Waals surface area contributed by atoms with Crippen molar-refractivity contribution in [2.45, 2.75) is 38.5 Å². The molecule has 1 aromatic heterocycles. The Balaban J connectivity index is 2.02. The van der Waals surface area contributed by atoms with Crippen molar-refractivity contribution < 1.29 is 0 Å². The van der Waals surface area contributed by atoms with Crippen LogP contribution in [-0.4, -0.2) is 9.36 Å². The van der Waals surface area contributed by atoms with Crippen molar-refractivity contribution in [3.05, 3.63) is 5.82 Å². The molecule has 2 rings (SSSR count). The first-order chi connectivity index (χ1) is 6.25. The Kier molecular flexibility index (Phi) is 2.49. The van der Waals surface area contributed by atoms with E-state index in [-0.39, 0.29) is 0 Å². The van der Waals surface area contributed by atoms with Crippen LogP contribution in [0.25, 0.3) is 0 Å². The van der Waals surface area contributed by atoms with E-state index in [0.717, 1.165) is 11.7 Å². The predicted octanol–water partition coefficient (Wildman–Crippen LogP) is 2.41. The standard InChI is InChI=1S/C9H15N3S/c1-6-2-4-7(5-3-6)8-11-9(10)13-12-8/h6-7H,2-5H2,1H3,(H2,10,11,12). The SMILES string of the molecule is CC1CCC(c2nsc(N)n2)CC1. The number of rotatable bonds is 1. The van der Waals surface area contributed by atoms with Crippen molar-refractivity contribution in [2.75, 3.05) is 5.73 Å². The number of hydrogen-bond acceptors (Lipinski definition) is 4. The van der Waals surface area contributed by atoms with Crippen LogP contribution in [-0.2, 0) is 0 Å². The van der Waals surface area contributed by atoms with Gasteiger partial charge in [-0.15, -0.1) is 0 Å². The molecule has 0 spiro atoms. The first kappa shape index (κ1) is 8.94. The summed E-state index contributed by atoms with van der Waals surface area (Å²) in [5, 5.41) is 0.605. The molecule has 0 saturated heterocycles. The molecule has 0 aromatic carbocycles. The molecular weight excluding hydrogens is 182 g/mol. The summed E-state index contributed by atoms with van der Waals surface area (Å²) in [6.45, 7) is 2.32. The van der Waals surface area contributed by atoms with Crippen LogP contribution in [0.4, 0.5) is 5.13 Å². The number of anilines is 1.